The van der Waals surface area contributed by atoms with Crippen molar-refractivity contribution in [1.29, 1.82) is 0 Å². The molecule has 0 aliphatic heterocycles. The Kier molecular flexibility index (Phi) is 27.5. The highest BCUT2D eigenvalue weighted by molar-refractivity contribution is 5.98. The lowest BCUT2D eigenvalue weighted by atomic mass is 9.96. The molecule has 0 fully saturated rings. The van der Waals surface area contributed by atoms with Gasteiger partial charge in [-0.1, -0.05) is 78.3 Å². The number of aliphatic hydroxyl groups excluding tert-OH is 4. The Bertz CT molecular complexity index is 1950. The molecule has 0 bridgehead atoms. The van der Waals surface area contributed by atoms with Crippen LogP contribution in [-0.4, -0.2) is 164 Å². The van der Waals surface area contributed by atoms with E-state index < -0.39 is 158 Å². The van der Waals surface area contributed by atoms with Gasteiger partial charge in [0, 0.05) is 12.8 Å². The molecule has 0 spiro atoms. The zero-order chi connectivity index (χ0) is 54.3. The van der Waals surface area contributed by atoms with Gasteiger partial charge < -0.3 is 79.5 Å². The van der Waals surface area contributed by atoms with E-state index in [0.29, 0.717) is 12.0 Å². The monoisotopic (exact) mass is 1010 g/mol. The number of carboxylic acids is 1. The lowest BCUT2D eigenvalue weighted by molar-refractivity contribution is -0.142. The lowest BCUT2D eigenvalue weighted by Gasteiger charge is -2.30. The maximum absolute atomic E-state index is 14.0. The van der Waals surface area contributed by atoms with Gasteiger partial charge >= 0.3 is 5.97 Å². The second-order valence-electron chi connectivity index (χ2n) is 18.4. The minimum absolute atomic E-state index is 0.0288. The first kappa shape index (κ1) is 62.7. The molecule has 71 heavy (non-hydrogen) atoms. The van der Waals surface area contributed by atoms with E-state index in [1.54, 1.807) is 71.9 Å². The second kappa shape index (κ2) is 31.1. The predicted molar refractivity (Wildman–Crippen MR) is 256 cm³/mol. The number of hydrogen-bond donors (Lipinski definition) is 15. The molecule has 0 saturated heterocycles. The number of nitrogens with one attached hydrogen (secondary N) is 8. The van der Waals surface area contributed by atoms with Crippen LogP contribution < -0.4 is 54.0 Å². The predicted octanol–water partition coefficient (Wildman–Crippen LogP) is -4.33. The molecule has 0 saturated carbocycles. The van der Waals surface area contributed by atoms with E-state index in [4.69, 9.17) is 11.5 Å². The summed E-state index contributed by atoms with van der Waals surface area (Å²) in [6.07, 6.45) is -3.92. The highest BCUT2D eigenvalue weighted by Gasteiger charge is 2.38. The molecule has 25 heteroatoms. The summed E-state index contributed by atoms with van der Waals surface area (Å²) < 4.78 is 0. The number of carboxylic acid groups (broad SMARTS) is 1. The summed E-state index contributed by atoms with van der Waals surface area (Å²) in [5, 5.41) is 69.3. The van der Waals surface area contributed by atoms with E-state index >= 15 is 0 Å². The number of benzene rings is 1. The Labute approximate surface area is 413 Å². The van der Waals surface area contributed by atoms with E-state index in [1.165, 1.54) is 6.92 Å². The summed E-state index contributed by atoms with van der Waals surface area (Å²) in [4.78, 5) is 132. The van der Waals surface area contributed by atoms with Crippen LogP contribution in [-0.2, 0) is 54.4 Å². The van der Waals surface area contributed by atoms with Crippen molar-refractivity contribution in [1.82, 2.24) is 42.5 Å². The Morgan fingerprint density at radius 1 is 0.521 bits per heavy atom. The fourth-order valence-electron chi connectivity index (χ4n) is 6.90. The van der Waals surface area contributed by atoms with Gasteiger partial charge in [-0.3, -0.25) is 43.2 Å². The second-order valence-corrected chi connectivity index (χ2v) is 18.4. The number of carbonyl (C=O) groups excluding carboxylic acids is 9. The van der Waals surface area contributed by atoms with Gasteiger partial charge in [-0.05, 0) is 56.4 Å². The van der Waals surface area contributed by atoms with Crippen LogP contribution in [0.3, 0.4) is 0 Å². The van der Waals surface area contributed by atoms with Crippen molar-refractivity contribution in [3.05, 3.63) is 35.9 Å². The van der Waals surface area contributed by atoms with Crippen molar-refractivity contribution in [2.45, 2.75) is 160 Å². The molecule has 0 unspecified atom stereocenters. The maximum Gasteiger partial charge on any atom is 0.326 e. The van der Waals surface area contributed by atoms with Gasteiger partial charge in [0.25, 0.3) is 0 Å². The third kappa shape index (κ3) is 22.1. The number of carbonyl (C=O) groups is 10. The van der Waals surface area contributed by atoms with Gasteiger partial charge in [-0.2, -0.15) is 0 Å². The third-order valence-corrected chi connectivity index (χ3v) is 11.2. The van der Waals surface area contributed by atoms with E-state index in [2.05, 4.69) is 42.5 Å². The van der Waals surface area contributed by atoms with Crippen molar-refractivity contribution in [3.63, 3.8) is 0 Å². The number of aliphatic hydroxyl groups is 4. The molecule has 0 aliphatic carbocycles. The number of aliphatic carboxylic acids is 1. The summed E-state index contributed by atoms with van der Waals surface area (Å²) in [5.41, 5.74) is 11.5. The summed E-state index contributed by atoms with van der Waals surface area (Å²) >= 11 is 0. The minimum Gasteiger partial charge on any atom is -0.480 e. The minimum atomic E-state index is -1.81. The smallest absolute Gasteiger partial charge is 0.326 e. The number of hydrogen-bond acceptors (Lipinski definition) is 15. The first-order chi connectivity index (χ1) is 33.2. The van der Waals surface area contributed by atoms with Crippen LogP contribution in [0.4, 0.5) is 0 Å². The molecule has 1 aromatic rings. The molecule has 400 valence electrons. The molecule has 0 aliphatic rings. The van der Waals surface area contributed by atoms with Gasteiger partial charge in [0.1, 0.15) is 54.4 Å². The third-order valence-electron chi connectivity index (χ3n) is 11.2. The number of rotatable bonds is 32. The van der Waals surface area contributed by atoms with Gasteiger partial charge in [0.15, 0.2) is 0 Å². The van der Waals surface area contributed by atoms with Crippen molar-refractivity contribution in [2.24, 2.45) is 29.2 Å². The molecule has 0 radical (unpaired) electrons. The van der Waals surface area contributed by atoms with Gasteiger partial charge in [-0.15, -0.1) is 0 Å². The number of nitrogens with two attached hydrogens (primary N) is 2. The zero-order valence-electron chi connectivity index (χ0n) is 41.6. The van der Waals surface area contributed by atoms with E-state index in [1.807, 2.05) is 0 Å². The van der Waals surface area contributed by atoms with Crippen LogP contribution in [0.25, 0.3) is 0 Å². The summed E-state index contributed by atoms with van der Waals surface area (Å²) in [6, 6.07) is -5.37. The highest BCUT2D eigenvalue weighted by Crippen LogP contribution is 2.14. The normalized spacial score (nSPS) is 16.4. The van der Waals surface area contributed by atoms with Crippen LogP contribution in [0.2, 0.25) is 0 Å². The van der Waals surface area contributed by atoms with Crippen molar-refractivity contribution in [2.75, 3.05) is 13.2 Å². The van der Waals surface area contributed by atoms with Crippen molar-refractivity contribution < 1.29 is 73.5 Å². The summed E-state index contributed by atoms with van der Waals surface area (Å²) in [6.45, 7) is 10.8. The van der Waals surface area contributed by atoms with Crippen LogP contribution >= 0.6 is 0 Å². The van der Waals surface area contributed by atoms with Gasteiger partial charge in [0.2, 0.25) is 53.2 Å². The Hall–Kier alpha value is -6.28. The Morgan fingerprint density at radius 2 is 0.915 bits per heavy atom. The average molecular weight is 1010 g/mol. The molecule has 12 atom stereocenters. The molecule has 9 amide bonds. The topological polar surface area (TPSA) is 420 Å². The van der Waals surface area contributed by atoms with Crippen molar-refractivity contribution >= 4 is 59.1 Å². The fraction of sp³-hybridized carbons (Fsp3) is 0.652. The molecule has 1 rings (SSSR count). The van der Waals surface area contributed by atoms with Crippen LogP contribution in [0.5, 0.6) is 0 Å². The molecular weight excluding hydrogens is 933 g/mol. The van der Waals surface area contributed by atoms with Crippen LogP contribution in [0, 0.1) is 17.8 Å². The first-order valence-electron chi connectivity index (χ1n) is 23.5. The van der Waals surface area contributed by atoms with E-state index in [-0.39, 0.29) is 31.1 Å². The first-order valence-corrected chi connectivity index (χ1v) is 23.5. The lowest BCUT2D eigenvalue weighted by Crippen LogP contribution is -2.63. The molecule has 17 N–H and O–H groups in total. The van der Waals surface area contributed by atoms with Crippen molar-refractivity contribution in [3.8, 4) is 0 Å². The van der Waals surface area contributed by atoms with E-state index in [0.717, 1.165) is 6.92 Å². The van der Waals surface area contributed by atoms with Crippen LogP contribution in [0.15, 0.2) is 30.3 Å². The molecule has 25 nitrogen and oxygen atoms in total. The average Bonchev–Trinajstić information content (AvgIpc) is 3.29. The molecule has 1 aromatic carbocycles. The maximum atomic E-state index is 14.0. The summed E-state index contributed by atoms with van der Waals surface area (Å²) in [7, 11) is 0. The SMILES string of the molecule is CC[C@H](C)[C@H](NC(=O)[C@@H](NC(=O)[C@@H](N)CO)[C@@H](C)O)C(=O)N[C@@H](CC(C)C)C(=O)N[C@@H](CCC(N)=O)C(=O)N[C@H](C(=O)N[C@@H](CC(C)C)C(=O)N[C@@H](CO)C(=O)N[C@@H](Cc1ccccc1)C(=O)O)[C@@H](C)O. The quantitative estimate of drug-likeness (QED) is 0.0325. The zero-order valence-corrected chi connectivity index (χ0v) is 41.6. The standard InChI is InChI=1S/C46H76N10O15/c1-9-24(6)35(54-45(69)37(26(8)60)55-38(62)28(47)20-57)43(67)50-30(17-22(2)3)40(64)49-29(15-16-34(48)61)39(63)56-36(25(7)59)44(68)51-31(18-23(4)5)41(65)53-33(21-58)42(66)52-32(46(70)71)19-27-13-11-10-12-14-27/h10-14,22-26,28-33,35-37,57-60H,9,15-21,47H2,1-8H3,(H2,48,61)(H,49,64)(H,50,67)(H,51,68)(H,52,66)(H,53,65)(H,54,69)(H,55,62)(H,56,63)(H,70,71)/t24-,25+,26+,28-,29-,30-,31-,32-,33-,35-,36-,37-/m0/s1. The number of amides is 9. The Morgan fingerprint density at radius 3 is 1.34 bits per heavy atom. The molecule has 0 heterocycles. The van der Waals surface area contributed by atoms with E-state index in [9.17, 15) is 73.5 Å². The summed E-state index contributed by atoms with van der Waals surface area (Å²) in [5.74, 6) is -11.4. The largest absolute Gasteiger partial charge is 0.480 e. The van der Waals surface area contributed by atoms with Gasteiger partial charge in [-0.25, -0.2) is 4.79 Å². The van der Waals surface area contributed by atoms with Crippen LogP contribution in [0.1, 0.15) is 93.1 Å². The molecular formula is C46H76N10O15. The Balaban J connectivity index is 3.38. The molecule has 0 aromatic heterocycles. The fourth-order valence-corrected chi connectivity index (χ4v) is 6.90. The number of primary amides is 1. The van der Waals surface area contributed by atoms with Gasteiger partial charge in [0.05, 0.1) is 25.4 Å². The highest BCUT2D eigenvalue weighted by atomic mass is 16.4.